The number of para-hydroxylation sites is 1. The summed E-state index contributed by atoms with van der Waals surface area (Å²) in [5.74, 6) is 0.0898. The molecule has 4 nitrogen and oxygen atoms in total. The Morgan fingerprint density at radius 3 is 3.10 bits per heavy atom. The molecule has 1 aliphatic rings. The second-order valence-corrected chi connectivity index (χ2v) is 5.06. The Labute approximate surface area is 122 Å². The summed E-state index contributed by atoms with van der Waals surface area (Å²) in [7, 11) is 0. The summed E-state index contributed by atoms with van der Waals surface area (Å²) in [4.78, 5) is 0. The molecular weight excluding hydrogens is 285 g/mol. The summed E-state index contributed by atoms with van der Waals surface area (Å²) in [5, 5.41) is 12.3. The first-order chi connectivity index (χ1) is 9.70. The fourth-order valence-electron chi connectivity index (χ4n) is 2.03. The van der Waals surface area contributed by atoms with Crippen molar-refractivity contribution in [2.45, 2.75) is 25.0 Å². The molecule has 0 radical (unpaired) electrons. The van der Waals surface area contributed by atoms with Crippen LogP contribution >= 0.6 is 11.6 Å². The third-order valence-electron chi connectivity index (χ3n) is 3.12. The highest BCUT2D eigenvalue weighted by Crippen LogP contribution is 2.28. The summed E-state index contributed by atoms with van der Waals surface area (Å²) in [6.45, 7) is 1.32. The van der Waals surface area contributed by atoms with Gasteiger partial charge in [-0.2, -0.15) is 0 Å². The molecule has 1 fully saturated rings. The van der Waals surface area contributed by atoms with Crippen LogP contribution in [0.3, 0.4) is 0 Å². The lowest BCUT2D eigenvalue weighted by Gasteiger charge is -2.17. The van der Waals surface area contributed by atoms with Gasteiger partial charge in [0.2, 0.25) is 0 Å². The van der Waals surface area contributed by atoms with Crippen LogP contribution in [0.5, 0.6) is 5.75 Å². The van der Waals surface area contributed by atoms with E-state index in [1.807, 2.05) is 0 Å². The van der Waals surface area contributed by atoms with Crippen LogP contribution in [0.15, 0.2) is 18.2 Å². The van der Waals surface area contributed by atoms with Crippen LogP contribution in [-0.4, -0.2) is 43.0 Å². The summed E-state index contributed by atoms with van der Waals surface area (Å²) in [5.41, 5.74) is 0.245. The summed E-state index contributed by atoms with van der Waals surface area (Å²) in [6.07, 6.45) is 1.33. The monoisotopic (exact) mass is 303 g/mol. The number of hydrogen-bond acceptors (Lipinski definition) is 4. The van der Waals surface area contributed by atoms with E-state index in [0.717, 1.165) is 19.4 Å². The van der Waals surface area contributed by atoms with Gasteiger partial charge in [0.25, 0.3) is 0 Å². The molecule has 0 bridgehead atoms. The van der Waals surface area contributed by atoms with Crippen LogP contribution in [0.25, 0.3) is 0 Å². The topological polar surface area (TPSA) is 50.7 Å². The molecule has 0 saturated carbocycles. The van der Waals surface area contributed by atoms with E-state index in [2.05, 4.69) is 5.32 Å². The number of hydrogen-bond donors (Lipinski definition) is 2. The molecule has 20 heavy (non-hydrogen) atoms. The predicted molar refractivity (Wildman–Crippen MR) is 76.1 cm³/mol. The third kappa shape index (κ3) is 4.23. The highest BCUT2D eigenvalue weighted by atomic mass is 35.5. The number of halogens is 2. The SMILES string of the molecule is OC(CCl)CNc1c(F)cccc1OCC1CCCO1. The van der Waals surface area contributed by atoms with E-state index in [9.17, 15) is 9.50 Å². The largest absolute Gasteiger partial charge is 0.489 e. The Morgan fingerprint density at radius 1 is 1.55 bits per heavy atom. The Kier molecular flexibility index (Phi) is 5.88. The zero-order valence-electron chi connectivity index (χ0n) is 11.1. The predicted octanol–water partition coefficient (Wildman–Crippen LogP) is 2.40. The lowest BCUT2D eigenvalue weighted by molar-refractivity contribution is 0.0681. The molecule has 1 aliphatic heterocycles. The molecule has 2 unspecified atom stereocenters. The van der Waals surface area contributed by atoms with Gasteiger partial charge in [-0.05, 0) is 25.0 Å². The second kappa shape index (κ2) is 7.67. The molecule has 0 aromatic heterocycles. The lowest BCUT2D eigenvalue weighted by Crippen LogP contribution is -2.22. The molecule has 112 valence electrons. The molecule has 0 amide bonds. The van der Waals surface area contributed by atoms with Crippen LogP contribution < -0.4 is 10.1 Å². The first-order valence-electron chi connectivity index (χ1n) is 6.71. The number of rotatable bonds is 7. The van der Waals surface area contributed by atoms with Crippen LogP contribution in [0, 0.1) is 5.82 Å². The van der Waals surface area contributed by atoms with Crippen molar-refractivity contribution < 1.29 is 19.0 Å². The highest BCUT2D eigenvalue weighted by molar-refractivity contribution is 6.18. The molecule has 2 N–H and O–H groups in total. The van der Waals surface area contributed by atoms with Crippen molar-refractivity contribution in [1.29, 1.82) is 0 Å². The quantitative estimate of drug-likeness (QED) is 0.760. The van der Waals surface area contributed by atoms with Gasteiger partial charge in [-0.25, -0.2) is 4.39 Å². The Bertz CT molecular complexity index is 427. The Morgan fingerprint density at radius 2 is 2.40 bits per heavy atom. The van der Waals surface area contributed by atoms with E-state index in [4.69, 9.17) is 21.1 Å². The van der Waals surface area contributed by atoms with Crippen molar-refractivity contribution in [2.24, 2.45) is 0 Å². The minimum absolute atomic E-state index is 0.0690. The number of benzene rings is 1. The maximum absolute atomic E-state index is 13.8. The normalized spacial score (nSPS) is 19.9. The maximum atomic E-state index is 13.8. The first kappa shape index (κ1) is 15.4. The van der Waals surface area contributed by atoms with Crippen LogP contribution in [-0.2, 0) is 4.74 Å². The number of aliphatic hydroxyl groups is 1. The highest BCUT2D eigenvalue weighted by Gasteiger charge is 2.18. The van der Waals surface area contributed by atoms with Crippen molar-refractivity contribution in [3.05, 3.63) is 24.0 Å². The lowest BCUT2D eigenvalue weighted by atomic mass is 10.2. The van der Waals surface area contributed by atoms with Crippen LogP contribution in [0.2, 0.25) is 0 Å². The molecule has 1 saturated heterocycles. The van der Waals surface area contributed by atoms with Crippen molar-refractivity contribution in [3.8, 4) is 5.75 Å². The number of alkyl halides is 1. The van der Waals surface area contributed by atoms with Crippen molar-refractivity contribution in [3.63, 3.8) is 0 Å². The van der Waals surface area contributed by atoms with E-state index in [1.165, 1.54) is 6.07 Å². The standard InChI is InChI=1S/C14H19ClFNO3/c15-7-10(18)8-17-14-12(16)4-1-5-13(14)20-9-11-3-2-6-19-11/h1,4-5,10-11,17-18H,2-3,6-9H2. The molecule has 6 heteroatoms. The molecule has 2 atom stereocenters. The smallest absolute Gasteiger partial charge is 0.150 e. The Hall–Kier alpha value is -1.04. The van der Waals surface area contributed by atoms with Gasteiger partial charge in [0, 0.05) is 13.2 Å². The molecule has 1 aromatic rings. The zero-order chi connectivity index (χ0) is 14.4. The van der Waals surface area contributed by atoms with Gasteiger partial charge in [-0.1, -0.05) is 6.07 Å². The number of anilines is 1. The van der Waals surface area contributed by atoms with E-state index in [-0.39, 0.29) is 24.2 Å². The van der Waals surface area contributed by atoms with Crippen molar-refractivity contribution in [2.75, 3.05) is 31.0 Å². The average molecular weight is 304 g/mol. The summed E-state index contributed by atoms with van der Waals surface area (Å²) < 4.78 is 24.9. The first-order valence-corrected chi connectivity index (χ1v) is 7.25. The maximum Gasteiger partial charge on any atom is 0.150 e. The van der Waals surface area contributed by atoms with E-state index in [0.29, 0.717) is 12.4 Å². The van der Waals surface area contributed by atoms with Gasteiger partial charge in [0.1, 0.15) is 23.9 Å². The average Bonchev–Trinajstić information content (AvgIpc) is 2.97. The van der Waals surface area contributed by atoms with Crippen LogP contribution in [0.1, 0.15) is 12.8 Å². The minimum Gasteiger partial charge on any atom is -0.489 e. The Balaban J connectivity index is 1.97. The fourth-order valence-corrected chi connectivity index (χ4v) is 2.14. The number of aliphatic hydroxyl groups excluding tert-OH is 1. The van der Waals surface area contributed by atoms with E-state index < -0.39 is 11.9 Å². The van der Waals surface area contributed by atoms with E-state index in [1.54, 1.807) is 12.1 Å². The van der Waals surface area contributed by atoms with Gasteiger partial charge in [0.15, 0.2) is 0 Å². The van der Waals surface area contributed by atoms with Gasteiger partial charge in [-0.3, -0.25) is 0 Å². The summed E-state index contributed by atoms with van der Waals surface area (Å²) >= 11 is 5.51. The van der Waals surface area contributed by atoms with Crippen molar-refractivity contribution >= 4 is 17.3 Å². The van der Waals surface area contributed by atoms with Crippen molar-refractivity contribution in [1.82, 2.24) is 0 Å². The van der Waals surface area contributed by atoms with Gasteiger partial charge in [0.05, 0.1) is 18.1 Å². The summed E-state index contributed by atoms with van der Waals surface area (Å²) in [6, 6.07) is 4.62. The number of ether oxygens (including phenoxy) is 2. The zero-order valence-corrected chi connectivity index (χ0v) is 11.9. The molecule has 2 rings (SSSR count). The van der Waals surface area contributed by atoms with Gasteiger partial charge >= 0.3 is 0 Å². The van der Waals surface area contributed by atoms with E-state index >= 15 is 0 Å². The second-order valence-electron chi connectivity index (χ2n) is 4.75. The van der Waals surface area contributed by atoms with Crippen LogP contribution in [0.4, 0.5) is 10.1 Å². The third-order valence-corrected chi connectivity index (χ3v) is 3.47. The minimum atomic E-state index is -0.734. The van der Waals surface area contributed by atoms with Gasteiger partial charge < -0.3 is 19.9 Å². The number of nitrogens with one attached hydrogen (secondary N) is 1. The molecule has 0 aliphatic carbocycles. The molecule has 0 spiro atoms. The molecule has 1 aromatic carbocycles. The fraction of sp³-hybridized carbons (Fsp3) is 0.571. The molecule has 1 heterocycles. The van der Waals surface area contributed by atoms with Gasteiger partial charge in [-0.15, -0.1) is 11.6 Å². The molecular formula is C14H19ClFNO3.